The van der Waals surface area contributed by atoms with Crippen LogP contribution in [-0.4, -0.2) is 25.7 Å². The van der Waals surface area contributed by atoms with E-state index in [9.17, 15) is 9.90 Å². The number of carbonyl (C=O) groups is 1. The van der Waals surface area contributed by atoms with Gasteiger partial charge in [0.2, 0.25) is 0 Å². The zero-order chi connectivity index (χ0) is 15.7. The van der Waals surface area contributed by atoms with Crippen LogP contribution < -0.4 is 0 Å². The van der Waals surface area contributed by atoms with Crippen molar-refractivity contribution in [1.82, 2.24) is 9.55 Å². The number of hydrogen-bond acceptors (Lipinski definition) is 3. The van der Waals surface area contributed by atoms with Gasteiger partial charge in [-0.15, -0.1) is 0 Å². The molecule has 22 heavy (non-hydrogen) atoms. The van der Waals surface area contributed by atoms with Gasteiger partial charge in [0.05, 0.1) is 16.6 Å². The minimum atomic E-state index is -0.949. The number of aromatic carboxylic acids is 1. The fourth-order valence-corrected chi connectivity index (χ4v) is 2.57. The van der Waals surface area contributed by atoms with E-state index >= 15 is 0 Å². The quantitative estimate of drug-likeness (QED) is 0.776. The molecule has 0 spiro atoms. The number of nitrogens with zero attached hydrogens (tertiary/aromatic N) is 2. The lowest BCUT2D eigenvalue weighted by Crippen LogP contribution is -2.06. The zero-order valence-electron chi connectivity index (χ0n) is 12.2. The second kappa shape index (κ2) is 5.61. The molecule has 0 bridgehead atoms. The second-order valence-corrected chi connectivity index (χ2v) is 5.27. The fraction of sp³-hybridized carbons (Fsp3) is 0.176. The molecule has 0 unspecified atom stereocenters. The molecule has 0 fully saturated rings. The van der Waals surface area contributed by atoms with Crippen LogP contribution in [0.1, 0.15) is 27.3 Å². The van der Waals surface area contributed by atoms with E-state index in [-0.39, 0.29) is 12.2 Å². The third-order valence-corrected chi connectivity index (χ3v) is 3.64. The molecule has 5 nitrogen and oxygen atoms in total. The van der Waals surface area contributed by atoms with E-state index in [1.165, 1.54) is 0 Å². The van der Waals surface area contributed by atoms with E-state index in [0.717, 1.165) is 22.2 Å². The molecule has 2 aromatic carbocycles. The van der Waals surface area contributed by atoms with Crippen molar-refractivity contribution in [2.45, 2.75) is 20.1 Å². The first-order valence-corrected chi connectivity index (χ1v) is 6.97. The van der Waals surface area contributed by atoms with Crippen molar-refractivity contribution >= 4 is 17.0 Å². The van der Waals surface area contributed by atoms with Crippen molar-refractivity contribution in [2.24, 2.45) is 0 Å². The molecule has 0 amide bonds. The maximum Gasteiger partial charge on any atom is 0.335 e. The predicted molar refractivity (Wildman–Crippen MR) is 82.9 cm³/mol. The average Bonchev–Trinajstić information content (AvgIpc) is 2.84. The Hall–Kier alpha value is -2.66. The number of imidazole rings is 1. The molecule has 0 radical (unpaired) electrons. The highest BCUT2D eigenvalue weighted by atomic mass is 16.4. The smallest absolute Gasteiger partial charge is 0.335 e. The zero-order valence-corrected chi connectivity index (χ0v) is 12.2. The van der Waals surface area contributed by atoms with Crippen molar-refractivity contribution in [2.75, 3.05) is 0 Å². The highest BCUT2D eigenvalue weighted by Crippen LogP contribution is 2.20. The summed E-state index contributed by atoms with van der Waals surface area (Å²) in [6.07, 6.45) is 0. The summed E-state index contributed by atoms with van der Waals surface area (Å²) in [4.78, 5) is 15.5. The maximum absolute atomic E-state index is 11.1. The molecule has 3 rings (SSSR count). The van der Waals surface area contributed by atoms with Crippen molar-refractivity contribution < 1.29 is 15.0 Å². The number of aryl methyl sites for hydroxylation is 1. The molecule has 1 heterocycles. The van der Waals surface area contributed by atoms with E-state index in [0.29, 0.717) is 12.4 Å². The number of benzene rings is 2. The standard InChI is InChI=1S/C17H16N2O3/c1-11-5-6-15-14(7-11)18-16(10-20)19(15)9-12-3-2-4-13(8-12)17(21)22/h2-8,20H,9-10H2,1H3,(H,21,22). The van der Waals surface area contributed by atoms with Crippen LogP contribution in [0.2, 0.25) is 0 Å². The SMILES string of the molecule is Cc1ccc2c(c1)nc(CO)n2Cc1cccc(C(=O)O)c1. The number of rotatable bonds is 4. The van der Waals surface area contributed by atoms with Gasteiger partial charge in [0.15, 0.2) is 0 Å². The summed E-state index contributed by atoms with van der Waals surface area (Å²) in [5, 5.41) is 18.6. The van der Waals surface area contributed by atoms with Crippen LogP contribution in [0.5, 0.6) is 0 Å². The molecule has 5 heteroatoms. The number of aromatic nitrogens is 2. The lowest BCUT2D eigenvalue weighted by atomic mass is 10.1. The van der Waals surface area contributed by atoms with E-state index in [1.54, 1.807) is 18.2 Å². The summed E-state index contributed by atoms with van der Waals surface area (Å²) in [5.41, 5.74) is 3.97. The normalized spacial score (nSPS) is 11.0. The van der Waals surface area contributed by atoms with E-state index in [4.69, 9.17) is 5.11 Å². The van der Waals surface area contributed by atoms with Crippen LogP contribution in [0.3, 0.4) is 0 Å². The van der Waals surface area contributed by atoms with Crippen LogP contribution >= 0.6 is 0 Å². The van der Waals surface area contributed by atoms with Crippen LogP contribution in [0, 0.1) is 6.92 Å². The Balaban J connectivity index is 2.06. The van der Waals surface area contributed by atoms with Crippen LogP contribution in [0.25, 0.3) is 11.0 Å². The van der Waals surface area contributed by atoms with Gasteiger partial charge in [0, 0.05) is 6.54 Å². The molecule has 0 saturated carbocycles. The first-order chi connectivity index (χ1) is 10.6. The molecule has 0 atom stereocenters. The first kappa shape index (κ1) is 14.3. The molecule has 0 aliphatic carbocycles. The van der Waals surface area contributed by atoms with Crippen molar-refractivity contribution in [3.63, 3.8) is 0 Å². The molecule has 112 valence electrons. The molecule has 1 aromatic heterocycles. The van der Waals surface area contributed by atoms with Gasteiger partial charge >= 0.3 is 5.97 Å². The van der Waals surface area contributed by atoms with Crippen molar-refractivity contribution in [1.29, 1.82) is 0 Å². The Kier molecular flexibility index (Phi) is 3.65. The number of carboxylic acids is 1. The third-order valence-electron chi connectivity index (χ3n) is 3.64. The van der Waals surface area contributed by atoms with Crippen molar-refractivity contribution in [3.05, 3.63) is 65.0 Å². The van der Waals surface area contributed by atoms with Gasteiger partial charge in [-0.05, 0) is 42.3 Å². The van der Waals surface area contributed by atoms with Gasteiger partial charge in [0.1, 0.15) is 12.4 Å². The lowest BCUT2D eigenvalue weighted by Gasteiger charge is -2.09. The lowest BCUT2D eigenvalue weighted by molar-refractivity contribution is 0.0696. The van der Waals surface area contributed by atoms with Gasteiger partial charge in [-0.3, -0.25) is 0 Å². The molecular formula is C17H16N2O3. The topological polar surface area (TPSA) is 75.4 Å². The van der Waals surface area contributed by atoms with Crippen molar-refractivity contribution in [3.8, 4) is 0 Å². The van der Waals surface area contributed by atoms with E-state index in [2.05, 4.69) is 4.98 Å². The summed E-state index contributed by atoms with van der Waals surface area (Å²) in [7, 11) is 0. The summed E-state index contributed by atoms with van der Waals surface area (Å²) in [6, 6.07) is 12.7. The van der Waals surface area contributed by atoms with Gasteiger partial charge in [-0.1, -0.05) is 18.2 Å². The Morgan fingerprint density at radius 2 is 2.05 bits per heavy atom. The monoisotopic (exact) mass is 296 g/mol. The van der Waals surface area contributed by atoms with Gasteiger partial charge < -0.3 is 14.8 Å². The van der Waals surface area contributed by atoms with Gasteiger partial charge in [0.25, 0.3) is 0 Å². The molecule has 0 aliphatic rings. The number of fused-ring (bicyclic) bond motifs is 1. The minimum absolute atomic E-state index is 0.160. The molecule has 0 saturated heterocycles. The molecule has 3 aromatic rings. The summed E-state index contributed by atoms with van der Waals surface area (Å²) >= 11 is 0. The van der Waals surface area contributed by atoms with Crippen LogP contribution in [0.4, 0.5) is 0 Å². The first-order valence-electron chi connectivity index (χ1n) is 6.97. The molecule has 2 N–H and O–H groups in total. The Morgan fingerprint density at radius 1 is 1.23 bits per heavy atom. The Morgan fingerprint density at radius 3 is 2.77 bits per heavy atom. The third kappa shape index (κ3) is 2.58. The number of aliphatic hydroxyl groups excluding tert-OH is 1. The molecule has 0 aliphatic heterocycles. The number of aliphatic hydroxyl groups is 1. The largest absolute Gasteiger partial charge is 0.478 e. The van der Waals surface area contributed by atoms with E-state index in [1.807, 2.05) is 35.8 Å². The Labute approximate surface area is 127 Å². The average molecular weight is 296 g/mol. The highest BCUT2D eigenvalue weighted by Gasteiger charge is 2.11. The fourth-order valence-electron chi connectivity index (χ4n) is 2.57. The van der Waals surface area contributed by atoms with Crippen LogP contribution in [-0.2, 0) is 13.2 Å². The summed E-state index contributed by atoms with van der Waals surface area (Å²) in [5.74, 6) is -0.378. The maximum atomic E-state index is 11.1. The van der Waals surface area contributed by atoms with Crippen LogP contribution in [0.15, 0.2) is 42.5 Å². The van der Waals surface area contributed by atoms with Gasteiger partial charge in [-0.25, -0.2) is 9.78 Å². The predicted octanol–water partition coefficient (Wildman–Crippen LogP) is 2.58. The molecular weight excluding hydrogens is 280 g/mol. The van der Waals surface area contributed by atoms with Gasteiger partial charge in [-0.2, -0.15) is 0 Å². The second-order valence-electron chi connectivity index (χ2n) is 5.27. The number of hydrogen-bond donors (Lipinski definition) is 2. The Bertz CT molecular complexity index is 852. The summed E-state index contributed by atoms with van der Waals surface area (Å²) in [6.45, 7) is 2.30. The summed E-state index contributed by atoms with van der Waals surface area (Å²) < 4.78 is 1.91. The number of carboxylic acid groups (broad SMARTS) is 1. The minimum Gasteiger partial charge on any atom is -0.478 e. The highest BCUT2D eigenvalue weighted by molar-refractivity contribution is 5.87. The van der Waals surface area contributed by atoms with E-state index < -0.39 is 5.97 Å².